The summed E-state index contributed by atoms with van der Waals surface area (Å²) in [4.78, 5) is 10.7. The molecule has 11 aromatic rings. The molecule has 0 fully saturated rings. The highest BCUT2D eigenvalue weighted by atomic mass is 16.3. The average Bonchev–Trinajstić information content (AvgIpc) is 3.75. The van der Waals surface area contributed by atoms with Crippen LogP contribution in [-0.4, -0.2) is 14.5 Å². The zero-order valence-corrected chi connectivity index (χ0v) is 28.0. The van der Waals surface area contributed by atoms with Crippen molar-refractivity contribution in [3.05, 3.63) is 176 Å². The van der Waals surface area contributed by atoms with E-state index in [1.165, 1.54) is 16.2 Å². The van der Waals surface area contributed by atoms with E-state index in [2.05, 4.69) is 156 Å². The summed E-state index contributed by atoms with van der Waals surface area (Å²) in [5.41, 5.74) is 11.4. The minimum atomic E-state index is 0.647. The van der Waals surface area contributed by atoms with Crippen LogP contribution in [0.2, 0.25) is 0 Å². The summed E-state index contributed by atoms with van der Waals surface area (Å²) in [6, 6.07) is 62.1. The standard InChI is InChI=1S/C48H29N3O/c1-2-12-30(13-3-1)46-39-19-6-8-22-42(39)49-48(50-46)51-43-29-33-15-5-4-14-32(33)27-40(43)38-21-11-20-36(47(38)51)35-17-10-16-31(26-35)34-24-25-45-41(28-34)37-18-7-9-23-44(37)52-45/h1-29H. The smallest absolute Gasteiger partial charge is 0.235 e. The van der Waals surface area contributed by atoms with Crippen LogP contribution in [0.15, 0.2) is 180 Å². The van der Waals surface area contributed by atoms with Crippen LogP contribution in [0.1, 0.15) is 0 Å². The second kappa shape index (κ2) is 11.2. The Morgan fingerprint density at radius 2 is 1.08 bits per heavy atom. The summed E-state index contributed by atoms with van der Waals surface area (Å²) in [6.07, 6.45) is 0. The molecule has 0 saturated carbocycles. The fourth-order valence-corrected chi connectivity index (χ4v) is 7.94. The number of aromatic nitrogens is 3. The van der Waals surface area contributed by atoms with Gasteiger partial charge in [-0.25, -0.2) is 9.97 Å². The first-order valence-electron chi connectivity index (χ1n) is 17.6. The van der Waals surface area contributed by atoms with Gasteiger partial charge >= 0.3 is 0 Å². The predicted octanol–water partition coefficient (Wildman–Crippen LogP) is 12.8. The van der Waals surface area contributed by atoms with Gasteiger partial charge in [0.2, 0.25) is 5.95 Å². The van der Waals surface area contributed by atoms with E-state index in [1.807, 2.05) is 24.3 Å². The molecule has 0 aliphatic rings. The number of hydrogen-bond acceptors (Lipinski definition) is 3. The molecule has 0 amide bonds. The summed E-state index contributed by atoms with van der Waals surface area (Å²) in [6.45, 7) is 0. The van der Waals surface area contributed by atoms with Gasteiger partial charge in [-0.3, -0.25) is 4.57 Å². The van der Waals surface area contributed by atoms with Gasteiger partial charge < -0.3 is 4.42 Å². The van der Waals surface area contributed by atoms with Gasteiger partial charge in [0, 0.05) is 38.1 Å². The molecule has 3 aromatic heterocycles. The van der Waals surface area contributed by atoms with Gasteiger partial charge in [0.15, 0.2) is 0 Å². The lowest BCUT2D eigenvalue weighted by Crippen LogP contribution is -2.04. The van der Waals surface area contributed by atoms with Crippen LogP contribution >= 0.6 is 0 Å². The van der Waals surface area contributed by atoms with Gasteiger partial charge in [-0.05, 0) is 69.9 Å². The zero-order valence-electron chi connectivity index (χ0n) is 28.0. The van der Waals surface area contributed by atoms with Gasteiger partial charge in [0.1, 0.15) is 11.2 Å². The van der Waals surface area contributed by atoms with E-state index >= 15 is 0 Å². The van der Waals surface area contributed by atoms with Crippen molar-refractivity contribution in [3.63, 3.8) is 0 Å². The van der Waals surface area contributed by atoms with Gasteiger partial charge in [0.25, 0.3) is 0 Å². The van der Waals surface area contributed by atoms with Crippen molar-refractivity contribution in [3.8, 4) is 39.5 Å². The Bertz CT molecular complexity index is 3190. The minimum absolute atomic E-state index is 0.647. The molecule has 4 nitrogen and oxygen atoms in total. The third kappa shape index (κ3) is 4.41. The largest absolute Gasteiger partial charge is 0.456 e. The maximum Gasteiger partial charge on any atom is 0.235 e. The molecule has 0 unspecified atom stereocenters. The Labute approximate surface area is 298 Å². The van der Waals surface area contributed by atoms with Crippen molar-refractivity contribution < 1.29 is 4.42 Å². The molecule has 0 spiro atoms. The summed E-state index contributed by atoms with van der Waals surface area (Å²) in [5, 5.41) is 7.98. The Morgan fingerprint density at radius 1 is 0.404 bits per heavy atom. The number of nitrogens with zero attached hydrogens (tertiary/aromatic N) is 3. The first kappa shape index (κ1) is 28.8. The maximum absolute atomic E-state index is 6.15. The Hall–Kier alpha value is -7.04. The Balaban J connectivity index is 1.19. The molecule has 0 saturated heterocycles. The fraction of sp³-hybridized carbons (Fsp3) is 0. The number of hydrogen-bond donors (Lipinski definition) is 0. The Kier molecular flexibility index (Phi) is 6.22. The molecule has 0 atom stereocenters. The Morgan fingerprint density at radius 3 is 1.98 bits per heavy atom. The van der Waals surface area contributed by atoms with Gasteiger partial charge in [-0.1, -0.05) is 133 Å². The first-order valence-corrected chi connectivity index (χ1v) is 17.6. The second-order valence-electron chi connectivity index (χ2n) is 13.4. The first-order chi connectivity index (χ1) is 25.8. The van der Waals surface area contributed by atoms with Crippen LogP contribution in [0.5, 0.6) is 0 Å². The van der Waals surface area contributed by atoms with Crippen molar-refractivity contribution in [2.45, 2.75) is 0 Å². The SMILES string of the molecule is c1ccc(-c2nc(-n3c4cc5ccccc5cc4c4cccc(-c5cccc(-c6ccc7oc8ccccc8c7c6)c5)c43)nc3ccccc23)cc1. The number of rotatable bonds is 4. The van der Waals surface area contributed by atoms with Crippen molar-refractivity contribution in [2.75, 3.05) is 0 Å². The molecule has 0 bridgehead atoms. The molecule has 4 heteroatoms. The quantitative estimate of drug-likeness (QED) is 0.188. The van der Waals surface area contributed by atoms with E-state index in [-0.39, 0.29) is 0 Å². The molecule has 52 heavy (non-hydrogen) atoms. The molecule has 3 heterocycles. The van der Waals surface area contributed by atoms with E-state index in [0.717, 1.165) is 82.8 Å². The third-order valence-corrected chi connectivity index (χ3v) is 10.4. The highest BCUT2D eigenvalue weighted by Gasteiger charge is 2.21. The van der Waals surface area contributed by atoms with E-state index in [0.29, 0.717) is 5.95 Å². The van der Waals surface area contributed by atoms with Crippen LogP contribution in [0.4, 0.5) is 0 Å². The summed E-state index contributed by atoms with van der Waals surface area (Å²) >= 11 is 0. The van der Waals surface area contributed by atoms with E-state index < -0.39 is 0 Å². The van der Waals surface area contributed by atoms with E-state index in [1.54, 1.807) is 0 Å². The van der Waals surface area contributed by atoms with Crippen molar-refractivity contribution in [2.24, 2.45) is 0 Å². The average molecular weight is 664 g/mol. The maximum atomic E-state index is 6.15. The molecular weight excluding hydrogens is 635 g/mol. The molecule has 8 aromatic carbocycles. The molecule has 0 N–H and O–H groups in total. The van der Waals surface area contributed by atoms with Crippen LogP contribution in [0.25, 0.3) is 105 Å². The molecular formula is C48H29N3O. The van der Waals surface area contributed by atoms with E-state index in [4.69, 9.17) is 14.4 Å². The van der Waals surface area contributed by atoms with Crippen LogP contribution in [0, 0.1) is 0 Å². The summed E-state index contributed by atoms with van der Waals surface area (Å²) in [7, 11) is 0. The summed E-state index contributed by atoms with van der Waals surface area (Å²) < 4.78 is 8.43. The van der Waals surface area contributed by atoms with Crippen molar-refractivity contribution >= 4 is 65.4 Å². The lowest BCUT2D eigenvalue weighted by Gasteiger charge is -2.14. The molecule has 0 aliphatic carbocycles. The van der Waals surface area contributed by atoms with Gasteiger partial charge in [-0.15, -0.1) is 0 Å². The molecule has 0 radical (unpaired) electrons. The number of benzene rings is 8. The fourth-order valence-electron chi connectivity index (χ4n) is 7.94. The number of para-hydroxylation sites is 3. The monoisotopic (exact) mass is 663 g/mol. The van der Waals surface area contributed by atoms with Crippen LogP contribution < -0.4 is 0 Å². The highest BCUT2D eigenvalue weighted by Crippen LogP contribution is 2.41. The lowest BCUT2D eigenvalue weighted by molar-refractivity contribution is 0.669. The molecule has 0 aliphatic heterocycles. The van der Waals surface area contributed by atoms with E-state index in [9.17, 15) is 0 Å². The molecule has 11 rings (SSSR count). The topological polar surface area (TPSA) is 43.9 Å². The number of fused-ring (bicyclic) bond motifs is 8. The molecule has 242 valence electrons. The summed E-state index contributed by atoms with van der Waals surface area (Å²) in [5.74, 6) is 0.647. The predicted molar refractivity (Wildman–Crippen MR) is 215 cm³/mol. The van der Waals surface area contributed by atoms with Gasteiger partial charge in [-0.2, -0.15) is 0 Å². The normalized spacial score (nSPS) is 11.8. The van der Waals surface area contributed by atoms with Crippen molar-refractivity contribution in [1.29, 1.82) is 0 Å². The van der Waals surface area contributed by atoms with Crippen molar-refractivity contribution in [1.82, 2.24) is 14.5 Å². The lowest BCUT2D eigenvalue weighted by atomic mass is 9.96. The zero-order chi connectivity index (χ0) is 34.2. The van der Waals surface area contributed by atoms with Crippen LogP contribution in [-0.2, 0) is 0 Å². The number of furan rings is 1. The second-order valence-corrected chi connectivity index (χ2v) is 13.4. The minimum Gasteiger partial charge on any atom is -0.456 e. The third-order valence-electron chi connectivity index (χ3n) is 10.4. The van der Waals surface area contributed by atoms with Gasteiger partial charge in [0.05, 0.1) is 22.2 Å². The van der Waals surface area contributed by atoms with Crippen LogP contribution in [0.3, 0.4) is 0 Å². The highest BCUT2D eigenvalue weighted by molar-refractivity contribution is 6.17.